The number of hydrogen-bond donors (Lipinski definition) is 0. The van der Waals surface area contributed by atoms with Crippen molar-refractivity contribution >= 4 is 34.4 Å². The lowest BCUT2D eigenvalue weighted by atomic mass is 10.2. The van der Waals surface area contributed by atoms with Crippen molar-refractivity contribution in [1.29, 1.82) is 0 Å². The Morgan fingerprint density at radius 3 is 2.64 bits per heavy atom. The minimum absolute atomic E-state index is 0.321. The molecule has 3 fully saturated rings. The summed E-state index contributed by atoms with van der Waals surface area (Å²) in [5.74, 6) is 1.92. The van der Waals surface area contributed by atoms with Crippen LogP contribution >= 0.6 is 11.6 Å². The molecular weight excluding hydrogens is 340 g/mol. The molecule has 0 saturated carbocycles. The van der Waals surface area contributed by atoms with Gasteiger partial charge in [-0.1, -0.05) is 11.6 Å². The first-order valence-electron chi connectivity index (χ1n) is 8.95. The summed E-state index contributed by atoms with van der Waals surface area (Å²) in [4.78, 5) is 16.7. The van der Waals surface area contributed by atoms with Crippen molar-refractivity contribution < 1.29 is 4.74 Å². The third kappa shape index (κ3) is 2.48. The zero-order valence-electron chi connectivity index (χ0n) is 14.7. The van der Waals surface area contributed by atoms with Crippen molar-refractivity contribution in [2.24, 2.45) is 7.05 Å². The highest BCUT2D eigenvalue weighted by molar-refractivity contribution is 6.30. The van der Waals surface area contributed by atoms with E-state index in [2.05, 4.69) is 38.3 Å². The molecule has 0 unspecified atom stereocenters. The summed E-state index contributed by atoms with van der Waals surface area (Å²) in [6, 6.07) is 2.32. The molecule has 3 aliphatic rings. The number of fused-ring (bicyclic) bond motifs is 3. The van der Waals surface area contributed by atoms with Crippen molar-refractivity contribution in [3.05, 3.63) is 11.2 Å². The highest BCUT2D eigenvalue weighted by atomic mass is 35.5. The summed E-state index contributed by atoms with van der Waals surface area (Å²) in [6.45, 7) is 5.76. The Kier molecular flexibility index (Phi) is 3.59. The number of pyridine rings is 1. The van der Waals surface area contributed by atoms with Gasteiger partial charge in [-0.3, -0.25) is 0 Å². The van der Waals surface area contributed by atoms with Gasteiger partial charge in [-0.25, -0.2) is 9.97 Å². The number of morpholine rings is 1. The average Bonchev–Trinajstić information content (AvgIpc) is 3.30. The molecular formula is C17H23ClN6O. The van der Waals surface area contributed by atoms with Gasteiger partial charge in [0.05, 0.1) is 24.3 Å². The monoisotopic (exact) mass is 362 g/mol. The number of imidazole rings is 1. The molecule has 5 heterocycles. The Morgan fingerprint density at radius 2 is 1.96 bits per heavy atom. The van der Waals surface area contributed by atoms with E-state index in [0.29, 0.717) is 17.3 Å². The number of hydrogen-bond acceptors (Lipinski definition) is 6. The predicted octanol–water partition coefficient (Wildman–Crippen LogP) is 1.35. The van der Waals surface area contributed by atoms with Crippen LogP contribution in [0.25, 0.3) is 11.0 Å². The van der Waals surface area contributed by atoms with Crippen LogP contribution in [0.4, 0.5) is 11.8 Å². The van der Waals surface area contributed by atoms with E-state index in [-0.39, 0.29) is 0 Å². The quantitative estimate of drug-likeness (QED) is 0.752. The number of rotatable bonds is 2. The average molecular weight is 363 g/mol. The van der Waals surface area contributed by atoms with E-state index < -0.39 is 0 Å². The van der Waals surface area contributed by atoms with Gasteiger partial charge < -0.3 is 24.0 Å². The lowest BCUT2D eigenvalue weighted by Crippen LogP contribution is -2.45. The number of anilines is 2. The lowest BCUT2D eigenvalue weighted by molar-refractivity contribution is 0.0990. The molecule has 0 radical (unpaired) electrons. The molecule has 2 atom stereocenters. The Bertz CT molecular complexity index is 815. The maximum Gasteiger partial charge on any atom is 0.206 e. The van der Waals surface area contributed by atoms with Crippen LogP contribution in [0.15, 0.2) is 6.07 Å². The highest BCUT2D eigenvalue weighted by Gasteiger charge is 2.41. The number of likely N-dealkylation sites (N-methyl/N-ethyl adjacent to an activating group) is 1. The maximum absolute atomic E-state index is 6.36. The van der Waals surface area contributed by atoms with Crippen LogP contribution < -0.4 is 9.80 Å². The van der Waals surface area contributed by atoms with Gasteiger partial charge >= 0.3 is 0 Å². The molecule has 3 saturated heterocycles. The molecule has 0 aromatic carbocycles. The molecule has 2 aromatic rings. The van der Waals surface area contributed by atoms with Gasteiger partial charge in [0.2, 0.25) is 5.95 Å². The van der Waals surface area contributed by atoms with E-state index in [1.807, 2.05) is 6.07 Å². The first-order valence-corrected chi connectivity index (χ1v) is 9.32. The first-order chi connectivity index (χ1) is 12.1. The van der Waals surface area contributed by atoms with Crippen LogP contribution in [0.2, 0.25) is 5.15 Å². The standard InChI is InChI=1S/C17H23ClN6O/c1-21-3-5-23(6-4-21)17-20-15-13(22(17)2)8-14(18)19-16(15)24-9-12-7-11(24)10-25-12/h8,11-12H,3-7,9-10H2,1-2H3/t11-,12-/m1/s1. The Labute approximate surface area is 152 Å². The second kappa shape index (κ2) is 5.72. The minimum Gasteiger partial charge on any atom is -0.374 e. The highest BCUT2D eigenvalue weighted by Crippen LogP contribution is 2.37. The minimum atomic E-state index is 0.321. The molecule has 8 heteroatoms. The van der Waals surface area contributed by atoms with Crippen molar-refractivity contribution in [3.8, 4) is 0 Å². The number of nitrogens with zero attached hydrogens (tertiary/aromatic N) is 6. The van der Waals surface area contributed by atoms with Crippen molar-refractivity contribution in [2.75, 3.05) is 56.2 Å². The van der Waals surface area contributed by atoms with Crippen molar-refractivity contribution in [1.82, 2.24) is 19.4 Å². The van der Waals surface area contributed by atoms with Gasteiger partial charge in [0, 0.05) is 45.8 Å². The summed E-state index contributed by atoms with van der Waals surface area (Å²) in [6.07, 6.45) is 1.40. The number of ether oxygens (including phenoxy) is 1. The van der Waals surface area contributed by atoms with E-state index in [9.17, 15) is 0 Å². The normalized spacial score (nSPS) is 27.0. The van der Waals surface area contributed by atoms with E-state index >= 15 is 0 Å². The zero-order valence-corrected chi connectivity index (χ0v) is 15.4. The number of halogens is 1. The van der Waals surface area contributed by atoms with Gasteiger partial charge in [-0.15, -0.1) is 0 Å². The SMILES string of the molecule is CN1CCN(c2nc3c(N4C[C@H]5C[C@@H]4CO5)nc(Cl)cc3n2C)CC1. The summed E-state index contributed by atoms with van der Waals surface area (Å²) in [7, 11) is 4.24. The van der Waals surface area contributed by atoms with E-state index in [1.54, 1.807) is 0 Å². The number of aryl methyl sites for hydroxylation is 1. The Balaban J connectivity index is 1.58. The second-order valence-corrected chi connectivity index (χ2v) is 7.78. The van der Waals surface area contributed by atoms with Crippen molar-refractivity contribution in [3.63, 3.8) is 0 Å². The summed E-state index contributed by atoms with van der Waals surface area (Å²) >= 11 is 6.36. The summed E-state index contributed by atoms with van der Waals surface area (Å²) in [5.41, 5.74) is 2.00. The van der Waals surface area contributed by atoms with Gasteiger partial charge in [0.1, 0.15) is 10.7 Å². The summed E-state index contributed by atoms with van der Waals surface area (Å²) < 4.78 is 7.89. The van der Waals surface area contributed by atoms with Crippen LogP contribution in [-0.4, -0.2) is 78.0 Å². The zero-order chi connectivity index (χ0) is 17.1. The van der Waals surface area contributed by atoms with Gasteiger partial charge in [0.25, 0.3) is 0 Å². The van der Waals surface area contributed by atoms with Gasteiger partial charge in [-0.05, 0) is 13.5 Å². The fourth-order valence-electron chi connectivity index (χ4n) is 4.28. The predicted molar refractivity (Wildman–Crippen MR) is 98.7 cm³/mol. The molecule has 0 amide bonds. The molecule has 134 valence electrons. The van der Waals surface area contributed by atoms with E-state index in [0.717, 1.165) is 68.6 Å². The van der Waals surface area contributed by atoms with Crippen LogP contribution in [0.3, 0.4) is 0 Å². The fraction of sp³-hybridized carbons (Fsp3) is 0.647. The maximum atomic E-state index is 6.36. The molecule has 5 rings (SSSR count). The number of piperazine rings is 1. The summed E-state index contributed by atoms with van der Waals surface area (Å²) in [5, 5.41) is 0.527. The largest absolute Gasteiger partial charge is 0.374 e. The molecule has 7 nitrogen and oxygen atoms in total. The smallest absolute Gasteiger partial charge is 0.206 e. The Hall–Kier alpha value is -1.57. The number of aromatic nitrogens is 3. The molecule has 3 aliphatic heterocycles. The van der Waals surface area contributed by atoms with Crippen LogP contribution in [0, 0.1) is 0 Å². The lowest BCUT2D eigenvalue weighted by Gasteiger charge is -2.32. The van der Waals surface area contributed by atoms with Crippen LogP contribution in [0.1, 0.15) is 6.42 Å². The topological polar surface area (TPSA) is 49.7 Å². The van der Waals surface area contributed by atoms with Gasteiger partial charge in [0.15, 0.2) is 5.82 Å². The molecule has 0 aliphatic carbocycles. The first kappa shape index (κ1) is 15.7. The molecule has 2 bridgehead atoms. The Morgan fingerprint density at radius 1 is 1.16 bits per heavy atom. The second-order valence-electron chi connectivity index (χ2n) is 7.39. The molecule has 2 aromatic heterocycles. The van der Waals surface area contributed by atoms with Crippen LogP contribution in [-0.2, 0) is 11.8 Å². The van der Waals surface area contributed by atoms with Gasteiger partial charge in [-0.2, -0.15) is 0 Å². The van der Waals surface area contributed by atoms with E-state index in [4.69, 9.17) is 21.3 Å². The van der Waals surface area contributed by atoms with Crippen LogP contribution in [0.5, 0.6) is 0 Å². The third-order valence-corrected chi connectivity index (χ3v) is 5.95. The molecule has 25 heavy (non-hydrogen) atoms. The molecule has 0 spiro atoms. The third-order valence-electron chi connectivity index (χ3n) is 5.75. The fourth-order valence-corrected chi connectivity index (χ4v) is 4.46. The van der Waals surface area contributed by atoms with Crippen molar-refractivity contribution in [2.45, 2.75) is 18.6 Å². The molecule has 0 N–H and O–H groups in total. The van der Waals surface area contributed by atoms with E-state index in [1.165, 1.54) is 0 Å².